The molecule has 0 bridgehead atoms. The van der Waals surface area contributed by atoms with E-state index >= 15 is 0 Å². The Morgan fingerprint density at radius 2 is 1.81 bits per heavy atom. The van der Waals surface area contributed by atoms with Crippen LogP contribution in [0.3, 0.4) is 0 Å². The van der Waals surface area contributed by atoms with Crippen LogP contribution in [0.5, 0.6) is 5.75 Å². The third kappa shape index (κ3) is 4.96. The van der Waals surface area contributed by atoms with Crippen molar-refractivity contribution in [2.75, 3.05) is 10.0 Å². The lowest BCUT2D eigenvalue weighted by Crippen LogP contribution is -2.15. The second kappa shape index (κ2) is 9.55. The molecule has 0 saturated carbocycles. The molecule has 0 radical (unpaired) electrons. The normalized spacial score (nSPS) is 11.5. The first-order chi connectivity index (χ1) is 17.7. The Kier molecular flexibility index (Phi) is 6.26. The van der Waals surface area contributed by atoms with Gasteiger partial charge < -0.3 is 10.4 Å². The molecular weight excluding hydrogens is 499 g/mol. The Bertz CT molecular complexity index is 1740. The van der Waals surface area contributed by atoms with Gasteiger partial charge in [-0.15, -0.1) is 0 Å². The molecule has 12 heteroatoms. The maximum atomic E-state index is 14.0. The number of hydrogen-bond acceptors (Lipinski definition) is 6. The van der Waals surface area contributed by atoms with E-state index in [1.807, 2.05) is 13.9 Å². The van der Waals surface area contributed by atoms with Crippen molar-refractivity contribution in [3.8, 4) is 17.0 Å². The minimum Gasteiger partial charge on any atom is -0.507 e. The molecule has 0 saturated heterocycles. The Hall–Kier alpha value is -4.45. The molecular formula is C25H20BF2N5O3S. The highest BCUT2D eigenvalue weighted by Crippen LogP contribution is 2.29. The molecule has 5 aromatic rings. The van der Waals surface area contributed by atoms with Gasteiger partial charge in [-0.3, -0.25) is 4.72 Å². The number of sulfonamides is 1. The van der Waals surface area contributed by atoms with E-state index in [1.54, 1.807) is 53.2 Å². The van der Waals surface area contributed by atoms with Crippen molar-refractivity contribution < 1.29 is 22.3 Å². The van der Waals surface area contributed by atoms with E-state index in [2.05, 4.69) is 20.1 Å². The van der Waals surface area contributed by atoms with Crippen molar-refractivity contribution in [2.45, 2.75) is 11.4 Å². The zero-order valence-corrected chi connectivity index (χ0v) is 20.3. The lowest BCUT2D eigenvalue weighted by molar-refractivity contribution is 0.477. The fourth-order valence-corrected chi connectivity index (χ4v) is 4.98. The van der Waals surface area contributed by atoms with Gasteiger partial charge in [-0.2, -0.15) is 9.61 Å². The van der Waals surface area contributed by atoms with E-state index in [0.29, 0.717) is 35.3 Å². The molecule has 0 aliphatic carbocycles. The molecule has 2 heterocycles. The standard InChI is InChI=1S/C25H20BF2N5O3S/c26-19-14-30-33-24(12-21(31-25(19)33)18-6-1-2-7-22(18)34)29-13-15-4-3-5-17(10-15)32-37(35,36)23-9-8-16(27)11-20(23)28/h1-12,14,29,32,34H,13,26H2. The minimum atomic E-state index is -4.27. The predicted octanol–water partition coefficient (Wildman–Crippen LogP) is 3.05. The third-order valence-electron chi connectivity index (χ3n) is 5.66. The van der Waals surface area contributed by atoms with Crippen molar-refractivity contribution >= 4 is 40.5 Å². The quantitative estimate of drug-likeness (QED) is 0.286. The summed E-state index contributed by atoms with van der Waals surface area (Å²) in [6.07, 6.45) is 1.69. The lowest BCUT2D eigenvalue weighted by atomic mass is 10.0. The summed E-state index contributed by atoms with van der Waals surface area (Å²) in [6.45, 7) is 0.290. The van der Waals surface area contributed by atoms with Crippen LogP contribution < -0.4 is 15.5 Å². The summed E-state index contributed by atoms with van der Waals surface area (Å²) in [5, 5.41) is 18.0. The number of aromatic hydroxyl groups is 1. The summed E-state index contributed by atoms with van der Waals surface area (Å²) in [6, 6.07) is 17.5. The SMILES string of the molecule is Bc1cnn2c(NCc3cccc(NS(=O)(=O)c4ccc(F)cc4F)c3)cc(-c3ccccc3O)nc12. The number of phenols is 1. The zero-order valence-electron chi connectivity index (χ0n) is 19.5. The number of nitrogens with zero attached hydrogens (tertiary/aromatic N) is 3. The van der Waals surface area contributed by atoms with Gasteiger partial charge in [-0.25, -0.2) is 22.2 Å². The highest BCUT2D eigenvalue weighted by Gasteiger charge is 2.20. The van der Waals surface area contributed by atoms with Crippen LogP contribution in [0.1, 0.15) is 5.56 Å². The van der Waals surface area contributed by atoms with Gasteiger partial charge in [0.15, 0.2) is 5.65 Å². The van der Waals surface area contributed by atoms with Crippen LogP contribution in [0.15, 0.2) is 83.9 Å². The van der Waals surface area contributed by atoms with Gasteiger partial charge in [0, 0.05) is 36.1 Å². The van der Waals surface area contributed by atoms with Crippen LogP contribution in [-0.2, 0) is 16.6 Å². The van der Waals surface area contributed by atoms with Crippen LogP contribution in [0.25, 0.3) is 16.9 Å². The molecule has 3 aromatic carbocycles. The Balaban J connectivity index is 1.41. The van der Waals surface area contributed by atoms with Gasteiger partial charge in [-0.1, -0.05) is 24.3 Å². The van der Waals surface area contributed by atoms with Crippen LogP contribution in [0.4, 0.5) is 20.3 Å². The molecule has 8 nitrogen and oxygen atoms in total. The Morgan fingerprint density at radius 1 is 1.00 bits per heavy atom. The van der Waals surface area contributed by atoms with E-state index in [0.717, 1.165) is 23.2 Å². The highest BCUT2D eigenvalue weighted by atomic mass is 32.2. The fourth-order valence-electron chi connectivity index (χ4n) is 3.87. The van der Waals surface area contributed by atoms with Crippen molar-refractivity contribution in [3.05, 3.63) is 96.2 Å². The Morgan fingerprint density at radius 3 is 2.59 bits per heavy atom. The van der Waals surface area contributed by atoms with Crippen molar-refractivity contribution in [1.82, 2.24) is 14.6 Å². The number of halogens is 2. The number of hydrogen-bond donors (Lipinski definition) is 3. The molecule has 5 rings (SSSR count). The number of aromatic nitrogens is 3. The second-order valence-corrected chi connectivity index (χ2v) is 9.99. The predicted molar refractivity (Wildman–Crippen MR) is 139 cm³/mol. The van der Waals surface area contributed by atoms with E-state index < -0.39 is 26.6 Å². The fraction of sp³-hybridized carbons (Fsp3) is 0.0400. The summed E-state index contributed by atoms with van der Waals surface area (Å²) in [4.78, 5) is 4.00. The van der Waals surface area contributed by atoms with Crippen LogP contribution in [0.2, 0.25) is 0 Å². The minimum absolute atomic E-state index is 0.0973. The van der Waals surface area contributed by atoms with Gasteiger partial charge in [0.05, 0.1) is 5.69 Å². The molecule has 37 heavy (non-hydrogen) atoms. The van der Waals surface area contributed by atoms with E-state index in [9.17, 15) is 22.3 Å². The van der Waals surface area contributed by atoms with Crippen molar-refractivity contribution in [2.24, 2.45) is 0 Å². The number of benzene rings is 3. The number of nitrogens with one attached hydrogen (secondary N) is 2. The van der Waals surface area contributed by atoms with Gasteiger partial charge >= 0.3 is 0 Å². The molecule has 3 N–H and O–H groups in total. The first kappa shape index (κ1) is 24.3. The summed E-state index contributed by atoms with van der Waals surface area (Å²) < 4.78 is 56.5. The van der Waals surface area contributed by atoms with Gasteiger partial charge in [0.25, 0.3) is 10.0 Å². The van der Waals surface area contributed by atoms with E-state index in [-0.39, 0.29) is 11.4 Å². The number of fused-ring (bicyclic) bond motifs is 1. The molecule has 0 aliphatic heterocycles. The topological polar surface area (TPSA) is 109 Å². The number of anilines is 2. The molecule has 0 aliphatic rings. The maximum absolute atomic E-state index is 14.0. The molecule has 2 aromatic heterocycles. The van der Waals surface area contributed by atoms with Crippen molar-refractivity contribution in [1.29, 1.82) is 0 Å². The first-order valence-electron chi connectivity index (χ1n) is 11.2. The Labute approximate surface area is 212 Å². The average molecular weight is 519 g/mol. The second-order valence-electron chi connectivity index (χ2n) is 8.34. The van der Waals surface area contributed by atoms with Crippen LogP contribution in [-0.4, -0.2) is 36.0 Å². The molecule has 0 unspecified atom stereocenters. The monoisotopic (exact) mass is 519 g/mol. The smallest absolute Gasteiger partial charge is 0.264 e. The highest BCUT2D eigenvalue weighted by molar-refractivity contribution is 7.92. The van der Waals surface area contributed by atoms with Crippen molar-refractivity contribution in [3.63, 3.8) is 0 Å². The zero-order chi connectivity index (χ0) is 26.2. The molecule has 0 amide bonds. The summed E-state index contributed by atoms with van der Waals surface area (Å²) >= 11 is 0. The number of rotatable bonds is 7. The van der Waals surface area contributed by atoms with Gasteiger partial charge in [-0.05, 0) is 47.4 Å². The largest absolute Gasteiger partial charge is 0.507 e. The first-order valence-corrected chi connectivity index (χ1v) is 12.6. The molecule has 0 spiro atoms. The summed E-state index contributed by atoms with van der Waals surface area (Å²) in [5.74, 6) is -1.34. The average Bonchev–Trinajstić information content (AvgIpc) is 3.23. The number of para-hydroxylation sites is 1. The molecule has 186 valence electrons. The summed E-state index contributed by atoms with van der Waals surface area (Å²) in [7, 11) is -2.39. The number of phenolic OH excluding ortho intramolecular Hbond substituents is 1. The molecule has 0 atom stereocenters. The van der Waals surface area contributed by atoms with Crippen LogP contribution in [0, 0.1) is 11.6 Å². The molecule has 0 fully saturated rings. The van der Waals surface area contributed by atoms with E-state index in [1.165, 1.54) is 6.07 Å². The van der Waals surface area contributed by atoms with Gasteiger partial charge in [0.2, 0.25) is 0 Å². The van der Waals surface area contributed by atoms with E-state index in [4.69, 9.17) is 0 Å². The maximum Gasteiger partial charge on any atom is 0.264 e. The lowest BCUT2D eigenvalue weighted by Gasteiger charge is -2.13. The van der Waals surface area contributed by atoms with Crippen LogP contribution >= 0.6 is 0 Å². The summed E-state index contributed by atoms with van der Waals surface area (Å²) in [5.41, 5.74) is 3.53. The van der Waals surface area contributed by atoms with Gasteiger partial charge in [0.1, 0.15) is 35.9 Å². The third-order valence-corrected chi connectivity index (χ3v) is 7.08.